The average molecular weight is 326 g/mol. The Bertz CT molecular complexity index is 448. The van der Waals surface area contributed by atoms with Crippen molar-refractivity contribution >= 4 is 41.5 Å². The highest BCUT2D eigenvalue weighted by molar-refractivity contribution is 6.35. The van der Waals surface area contributed by atoms with Crippen LogP contribution in [0.15, 0.2) is 18.2 Å². The van der Waals surface area contributed by atoms with Crippen LogP contribution in [0.5, 0.6) is 0 Å². The molecule has 0 heterocycles. The molecule has 0 spiro atoms. The molecule has 1 aromatic carbocycles. The van der Waals surface area contributed by atoms with Gasteiger partial charge in [0.25, 0.3) is 0 Å². The number of nitrogens with two attached hydrogens (primary N) is 1. The van der Waals surface area contributed by atoms with Crippen molar-refractivity contribution in [3.63, 3.8) is 0 Å². The lowest BCUT2D eigenvalue weighted by Gasteiger charge is -2.28. The monoisotopic (exact) mass is 324 g/mol. The second-order valence-electron chi connectivity index (χ2n) is 5.07. The highest BCUT2D eigenvalue weighted by Crippen LogP contribution is 2.24. The molecule has 0 saturated heterocycles. The van der Waals surface area contributed by atoms with E-state index < -0.39 is 11.6 Å². The van der Waals surface area contributed by atoms with E-state index in [9.17, 15) is 4.79 Å². The third kappa shape index (κ3) is 6.00. The number of halogens is 3. The molecule has 19 heavy (non-hydrogen) atoms. The summed E-state index contributed by atoms with van der Waals surface area (Å²) in [7, 11) is 0. The van der Waals surface area contributed by atoms with Crippen molar-refractivity contribution in [1.82, 2.24) is 5.32 Å². The van der Waals surface area contributed by atoms with Gasteiger partial charge in [0.05, 0.1) is 6.04 Å². The maximum absolute atomic E-state index is 11.6. The SMILES string of the molecule is C[C@H](N)C(=O)NC(C)(C)Cc1ccc(Cl)cc1Cl.Cl. The second-order valence-corrected chi connectivity index (χ2v) is 5.92. The van der Waals surface area contributed by atoms with Crippen LogP contribution in [0.3, 0.4) is 0 Å². The fourth-order valence-electron chi connectivity index (χ4n) is 1.63. The molecule has 3 nitrogen and oxygen atoms in total. The van der Waals surface area contributed by atoms with Gasteiger partial charge in [0.1, 0.15) is 0 Å². The minimum absolute atomic E-state index is 0. The summed E-state index contributed by atoms with van der Waals surface area (Å²) in [5, 5.41) is 4.09. The van der Waals surface area contributed by atoms with E-state index >= 15 is 0 Å². The van der Waals surface area contributed by atoms with E-state index in [1.807, 2.05) is 19.9 Å². The summed E-state index contributed by atoms with van der Waals surface area (Å²) in [5.41, 5.74) is 6.06. The van der Waals surface area contributed by atoms with Crippen LogP contribution < -0.4 is 11.1 Å². The summed E-state index contributed by atoms with van der Waals surface area (Å²) in [5.74, 6) is -0.176. The molecule has 0 saturated carbocycles. The molecule has 0 unspecified atom stereocenters. The van der Waals surface area contributed by atoms with E-state index in [-0.39, 0.29) is 18.3 Å². The number of amides is 1. The molecular formula is C13H19Cl3N2O. The zero-order valence-electron chi connectivity index (χ0n) is 11.2. The van der Waals surface area contributed by atoms with Gasteiger partial charge in [0.15, 0.2) is 0 Å². The van der Waals surface area contributed by atoms with E-state index in [1.165, 1.54) is 0 Å². The first-order valence-electron chi connectivity index (χ1n) is 5.73. The summed E-state index contributed by atoms with van der Waals surface area (Å²) < 4.78 is 0. The van der Waals surface area contributed by atoms with Gasteiger partial charge in [0, 0.05) is 15.6 Å². The maximum Gasteiger partial charge on any atom is 0.237 e. The van der Waals surface area contributed by atoms with Crippen molar-refractivity contribution in [1.29, 1.82) is 0 Å². The van der Waals surface area contributed by atoms with Crippen molar-refractivity contribution in [2.24, 2.45) is 5.73 Å². The second kappa shape index (κ2) is 7.34. The van der Waals surface area contributed by atoms with Crippen LogP contribution in [0.1, 0.15) is 26.3 Å². The molecule has 0 fully saturated rings. The topological polar surface area (TPSA) is 55.1 Å². The van der Waals surface area contributed by atoms with Gasteiger partial charge in [-0.3, -0.25) is 4.79 Å². The minimum atomic E-state index is -0.523. The van der Waals surface area contributed by atoms with Gasteiger partial charge in [-0.25, -0.2) is 0 Å². The molecule has 108 valence electrons. The Morgan fingerprint density at radius 1 is 1.42 bits per heavy atom. The van der Waals surface area contributed by atoms with Gasteiger partial charge in [-0.2, -0.15) is 0 Å². The number of carbonyl (C=O) groups is 1. The fraction of sp³-hybridized carbons (Fsp3) is 0.462. The molecule has 0 bridgehead atoms. The molecule has 1 aromatic rings. The number of carbonyl (C=O) groups excluding carboxylic acids is 1. The lowest BCUT2D eigenvalue weighted by Crippen LogP contribution is -2.50. The van der Waals surface area contributed by atoms with E-state index in [1.54, 1.807) is 19.1 Å². The lowest BCUT2D eigenvalue weighted by atomic mass is 9.94. The summed E-state index contributed by atoms with van der Waals surface area (Å²) in [4.78, 5) is 11.6. The zero-order chi connectivity index (χ0) is 13.9. The van der Waals surface area contributed by atoms with Gasteiger partial charge in [-0.05, 0) is 44.9 Å². The highest BCUT2D eigenvalue weighted by Gasteiger charge is 2.23. The molecule has 1 amide bonds. The average Bonchev–Trinajstić information content (AvgIpc) is 2.21. The van der Waals surface area contributed by atoms with Crippen LogP contribution >= 0.6 is 35.6 Å². The summed E-state index contributed by atoms with van der Waals surface area (Å²) in [6, 6.07) is 4.82. The predicted molar refractivity (Wildman–Crippen MR) is 83.3 cm³/mol. The van der Waals surface area contributed by atoms with Crippen molar-refractivity contribution in [2.45, 2.75) is 38.8 Å². The van der Waals surface area contributed by atoms with Gasteiger partial charge in [-0.1, -0.05) is 29.3 Å². The number of hydrogen-bond donors (Lipinski definition) is 2. The first kappa shape index (κ1) is 18.5. The van der Waals surface area contributed by atoms with Crippen LogP contribution in [-0.2, 0) is 11.2 Å². The molecule has 3 N–H and O–H groups in total. The van der Waals surface area contributed by atoms with E-state index in [2.05, 4.69) is 5.32 Å². The lowest BCUT2D eigenvalue weighted by molar-refractivity contribution is -0.123. The predicted octanol–water partition coefficient (Wildman–Crippen LogP) is 3.20. The summed E-state index contributed by atoms with van der Waals surface area (Å²) in [6.45, 7) is 5.51. The van der Waals surface area contributed by atoms with Gasteiger partial charge >= 0.3 is 0 Å². The third-order valence-corrected chi connectivity index (χ3v) is 3.11. The number of benzene rings is 1. The largest absolute Gasteiger partial charge is 0.350 e. The first-order chi connectivity index (χ1) is 8.21. The van der Waals surface area contributed by atoms with Crippen LogP contribution in [0.2, 0.25) is 10.0 Å². The third-order valence-electron chi connectivity index (χ3n) is 2.52. The molecule has 0 radical (unpaired) electrons. The molecule has 0 aromatic heterocycles. The fourth-order valence-corrected chi connectivity index (χ4v) is 2.11. The maximum atomic E-state index is 11.6. The Hall–Kier alpha value is -0.480. The zero-order valence-corrected chi connectivity index (χ0v) is 13.5. The number of hydrogen-bond acceptors (Lipinski definition) is 2. The van der Waals surface area contributed by atoms with Crippen molar-refractivity contribution in [3.8, 4) is 0 Å². The summed E-state index contributed by atoms with van der Waals surface area (Å²) in [6.07, 6.45) is 0.613. The molecule has 1 rings (SSSR count). The Morgan fingerprint density at radius 3 is 2.47 bits per heavy atom. The molecule has 0 aliphatic carbocycles. The summed E-state index contributed by atoms with van der Waals surface area (Å²) >= 11 is 12.0. The molecule has 6 heteroatoms. The molecular weight excluding hydrogens is 307 g/mol. The van der Waals surface area contributed by atoms with Crippen molar-refractivity contribution in [2.75, 3.05) is 0 Å². The quantitative estimate of drug-likeness (QED) is 0.893. The smallest absolute Gasteiger partial charge is 0.237 e. The van der Waals surface area contributed by atoms with Crippen molar-refractivity contribution in [3.05, 3.63) is 33.8 Å². The van der Waals surface area contributed by atoms with Crippen LogP contribution in [-0.4, -0.2) is 17.5 Å². The van der Waals surface area contributed by atoms with E-state index in [4.69, 9.17) is 28.9 Å². The first-order valence-corrected chi connectivity index (χ1v) is 6.48. The van der Waals surface area contributed by atoms with Crippen LogP contribution in [0.25, 0.3) is 0 Å². The Morgan fingerprint density at radius 2 is 2.00 bits per heavy atom. The van der Waals surface area contributed by atoms with Crippen LogP contribution in [0.4, 0.5) is 0 Å². The number of rotatable bonds is 4. The van der Waals surface area contributed by atoms with E-state index in [0.717, 1.165) is 5.56 Å². The normalized spacial score (nSPS) is 12.5. The molecule has 1 atom stereocenters. The molecule has 0 aliphatic heterocycles. The Kier molecular flexibility index (Phi) is 7.16. The standard InChI is InChI=1S/C13H18Cl2N2O.ClH/c1-8(16)12(18)17-13(2,3)7-9-4-5-10(14)6-11(9)15;/h4-6,8H,7,16H2,1-3H3,(H,17,18);1H/t8-;/m0./s1. The Labute approximate surface area is 130 Å². The van der Waals surface area contributed by atoms with Crippen molar-refractivity contribution < 1.29 is 4.79 Å². The highest BCUT2D eigenvalue weighted by atomic mass is 35.5. The Balaban J connectivity index is 0.00000324. The van der Waals surface area contributed by atoms with Crippen LogP contribution in [0, 0.1) is 0 Å². The molecule has 0 aliphatic rings. The van der Waals surface area contributed by atoms with Gasteiger partial charge in [-0.15, -0.1) is 12.4 Å². The number of nitrogens with one attached hydrogen (secondary N) is 1. The minimum Gasteiger partial charge on any atom is -0.350 e. The van der Waals surface area contributed by atoms with Gasteiger partial charge in [0.2, 0.25) is 5.91 Å². The van der Waals surface area contributed by atoms with Gasteiger partial charge < -0.3 is 11.1 Å². The van der Waals surface area contributed by atoms with E-state index in [0.29, 0.717) is 16.5 Å².